The molecule has 0 bridgehead atoms. The third-order valence-corrected chi connectivity index (χ3v) is 6.70. The van der Waals surface area contributed by atoms with Gasteiger partial charge in [0.05, 0.1) is 26.9 Å². The number of rotatable bonds is 8. The highest BCUT2D eigenvalue weighted by Crippen LogP contribution is 2.41. The predicted octanol–water partition coefficient (Wildman–Crippen LogP) is 9.22. The van der Waals surface area contributed by atoms with Crippen LogP contribution in [-0.4, -0.2) is 35.8 Å². The van der Waals surface area contributed by atoms with E-state index in [0.717, 1.165) is 0 Å². The van der Waals surface area contributed by atoms with Crippen LogP contribution in [-0.2, 0) is 6.18 Å². The van der Waals surface area contributed by atoms with E-state index in [1.807, 2.05) is 0 Å². The Morgan fingerprint density at radius 1 is 1.00 bits per heavy atom. The summed E-state index contributed by atoms with van der Waals surface area (Å²) in [6.07, 6.45) is -15.0. The first-order valence-corrected chi connectivity index (χ1v) is 12.4. The number of carbonyl (C=O) groups is 1. The maximum atomic E-state index is 14.9. The molecule has 16 heteroatoms. The topological polar surface area (TPSA) is 29.1 Å². The summed E-state index contributed by atoms with van der Waals surface area (Å²) in [7, 11) is 0. The summed E-state index contributed by atoms with van der Waals surface area (Å²) < 4.78 is 147. The second-order valence-electron chi connectivity index (χ2n) is 8.10. The van der Waals surface area contributed by atoms with Crippen molar-refractivity contribution in [1.29, 1.82) is 0 Å². The molecule has 0 fully saturated rings. The molecule has 0 heterocycles. The zero-order valence-electron chi connectivity index (χ0n) is 19.3. The summed E-state index contributed by atoms with van der Waals surface area (Å²) in [6.45, 7) is 1.25. The van der Waals surface area contributed by atoms with Crippen LogP contribution in [0.25, 0.3) is 5.83 Å². The van der Waals surface area contributed by atoms with Crippen molar-refractivity contribution in [1.82, 2.24) is 5.32 Å². The molecular weight excluding hydrogens is 618 g/mol. The Morgan fingerprint density at radius 3 is 2.05 bits per heavy atom. The molecule has 2 atom stereocenters. The molecule has 2 nitrogen and oxygen atoms in total. The lowest BCUT2D eigenvalue weighted by Gasteiger charge is -2.19. The van der Waals surface area contributed by atoms with Gasteiger partial charge in [0.15, 0.2) is 5.82 Å². The van der Waals surface area contributed by atoms with Crippen molar-refractivity contribution in [3.05, 3.63) is 74.5 Å². The Hall–Kier alpha value is -2.19. The van der Waals surface area contributed by atoms with Gasteiger partial charge in [0.1, 0.15) is 11.7 Å². The third-order valence-electron chi connectivity index (χ3n) is 4.89. The van der Waals surface area contributed by atoms with Crippen molar-refractivity contribution in [2.75, 3.05) is 11.5 Å². The average Bonchev–Trinajstić information content (AvgIpc) is 2.77. The lowest BCUT2D eigenvalue weighted by molar-refractivity contribution is -0.140. The highest BCUT2D eigenvalue weighted by molar-refractivity contribution is 7.99. The molecule has 2 aromatic carbocycles. The molecule has 39 heavy (non-hydrogen) atoms. The first-order valence-electron chi connectivity index (χ1n) is 10.5. The Morgan fingerprint density at radius 2 is 1.56 bits per heavy atom. The minimum Gasteiger partial charge on any atom is -0.349 e. The van der Waals surface area contributed by atoms with Crippen LogP contribution in [0.15, 0.2) is 36.4 Å². The molecule has 0 aliphatic rings. The van der Waals surface area contributed by atoms with E-state index in [9.17, 15) is 53.1 Å². The van der Waals surface area contributed by atoms with Crippen molar-refractivity contribution in [2.24, 2.45) is 0 Å². The van der Waals surface area contributed by atoms with E-state index in [1.165, 1.54) is 6.92 Å². The molecule has 2 unspecified atom stereocenters. The van der Waals surface area contributed by atoms with Crippen molar-refractivity contribution >= 4 is 46.7 Å². The fourth-order valence-electron chi connectivity index (χ4n) is 3.20. The summed E-state index contributed by atoms with van der Waals surface area (Å²) >= 11 is 11.4. The molecule has 0 saturated carbocycles. The normalized spacial score (nSPS) is 14.8. The fourth-order valence-corrected chi connectivity index (χ4v) is 4.49. The van der Waals surface area contributed by atoms with Gasteiger partial charge in [-0.2, -0.15) is 51.3 Å². The Kier molecular flexibility index (Phi) is 10.6. The van der Waals surface area contributed by atoms with Crippen LogP contribution >= 0.6 is 35.0 Å². The van der Waals surface area contributed by atoms with E-state index in [1.54, 1.807) is 0 Å². The van der Waals surface area contributed by atoms with E-state index < -0.39 is 86.1 Å². The molecule has 2 aromatic rings. The van der Waals surface area contributed by atoms with Gasteiger partial charge < -0.3 is 5.32 Å². The van der Waals surface area contributed by atoms with Crippen molar-refractivity contribution < 1.29 is 53.1 Å². The van der Waals surface area contributed by atoms with Crippen LogP contribution < -0.4 is 5.32 Å². The molecule has 0 aliphatic carbocycles. The zero-order chi connectivity index (χ0) is 29.9. The standard InChI is InChI=1S/C23H16Cl2F11NOS/c1-10(8-39-9-21(28,29)30)37-20(38)13-3-2-11(4-15(13)23(34,35)36)18(26)7-14(22(31,32)33)12-5-16(24)19(27)17(25)6-12/h2-7,10,14H,8-9H2,1H3,(H,37,38)/b18-7-. The molecule has 2 rings (SSSR count). The summed E-state index contributed by atoms with van der Waals surface area (Å²) in [5.41, 5.74) is -4.50. The molecule has 0 aliphatic heterocycles. The van der Waals surface area contributed by atoms with E-state index in [4.69, 9.17) is 23.2 Å². The number of nitrogens with one attached hydrogen (secondary N) is 1. The summed E-state index contributed by atoms with van der Waals surface area (Å²) in [4.78, 5) is 12.4. The highest BCUT2D eigenvalue weighted by atomic mass is 35.5. The van der Waals surface area contributed by atoms with E-state index in [-0.39, 0.29) is 17.9 Å². The second-order valence-corrected chi connectivity index (χ2v) is 9.94. The Bertz CT molecular complexity index is 1200. The number of halogens is 13. The molecular formula is C23H16Cl2F11NOS. The maximum absolute atomic E-state index is 14.9. The van der Waals surface area contributed by atoms with Gasteiger partial charge in [-0.15, -0.1) is 0 Å². The highest BCUT2D eigenvalue weighted by Gasteiger charge is 2.41. The fraction of sp³-hybridized carbons (Fsp3) is 0.348. The first-order chi connectivity index (χ1) is 17.7. The van der Waals surface area contributed by atoms with Gasteiger partial charge in [0, 0.05) is 17.4 Å². The van der Waals surface area contributed by atoms with Crippen LogP contribution in [0.4, 0.5) is 48.3 Å². The lowest BCUT2D eigenvalue weighted by Crippen LogP contribution is -2.35. The molecule has 0 aromatic heterocycles. The van der Waals surface area contributed by atoms with Gasteiger partial charge in [-0.3, -0.25) is 4.79 Å². The zero-order valence-corrected chi connectivity index (χ0v) is 21.6. The minimum atomic E-state index is -5.27. The monoisotopic (exact) mass is 633 g/mol. The van der Waals surface area contributed by atoms with Gasteiger partial charge in [0.2, 0.25) is 0 Å². The van der Waals surface area contributed by atoms with Crippen molar-refractivity contribution in [3.63, 3.8) is 0 Å². The van der Waals surface area contributed by atoms with E-state index in [2.05, 4.69) is 5.32 Å². The van der Waals surface area contributed by atoms with E-state index >= 15 is 0 Å². The van der Waals surface area contributed by atoms with E-state index in [0.29, 0.717) is 36.0 Å². The summed E-state index contributed by atoms with van der Waals surface area (Å²) in [6, 6.07) is 1.33. The lowest BCUT2D eigenvalue weighted by atomic mass is 9.95. The molecule has 1 amide bonds. The maximum Gasteiger partial charge on any atom is 0.417 e. The van der Waals surface area contributed by atoms with Crippen LogP contribution in [0.5, 0.6) is 0 Å². The van der Waals surface area contributed by atoms with Crippen LogP contribution in [0.3, 0.4) is 0 Å². The number of hydrogen-bond donors (Lipinski definition) is 1. The van der Waals surface area contributed by atoms with Gasteiger partial charge >= 0.3 is 18.5 Å². The van der Waals surface area contributed by atoms with Crippen LogP contribution in [0.1, 0.15) is 39.9 Å². The third kappa shape index (κ3) is 9.45. The molecule has 216 valence electrons. The van der Waals surface area contributed by atoms with Crippen LogP contribution in [0, 0.1) is 5.82 Å². The van der Waals surface area contributed by atoms with Gasteiger partial charge in [0.25, 0.3) is 5.91 Å². The summed E-state index contributed by atoms with van der Waals surface area (Å²) in [5, 5.41) is 0.484. The molecule has 0 spiro atoms. The quantitative estimate of drug-likeness (QED) is 0.232. The SMILES string of the molecule is CC(CSCC(F)(F)F)NC(=O)c1ccc(/C(F)=C/C(c2cc(Cl)c(F)c(Cl)c2)C(F)(F)F)cc1C(F)(F)F. The van der Waals surface area contributed by atoms with Gasteiger partial charge in [-0.1, -0.05) is 29.3 Å². The number of thioether (sulfide) groups is 1. The largest absolute Gasteiger partial charge is 0.417 e. The smallest absolute Gasteiger partial charge is 0.349 e. The van der Waals surface area contributed by atoms with Crippen LogP contribution in [0.2, 0.25) is 10.0 Å². The molecule has 0 radical (unpaired) electrons. The first kappa shape index (κ1) is 33.0. The number of allylic oxidation sites excluding steroid dienone is 1. The number of alkyl halides is 9. The number of carbonyl (C=O) groups excluding carboxylic acids is 1. The van der Waals surface area contributed by atoms with Gasteiger partial charge in [-0.25, -0.2) is 8.78 Å². The van der Waals surface area contributed by atoms with Crippen molar-refractivity contribution in [2.45, 2.75) is 37.4 Å². The average molecular weight is 634 g/mol. The number of hydrogen-bond acceptors (Lipinski definition) is 2. The molecule has 0 saturated heterocycles. The molecule has 1 N–H and O–H groups in total. The van der Waals surface area contributed by atoms with Gasteiger partial charge in [-0.05, 0) is 42.8 Å². The second kappa shape index (κ2) is 12.5. The Labute approximate surface area is 228 Å². The number of amides is 1. The minimum absolute atomic E-state index is 0.0604. The number of benzene rings is 2. The Balaban J connectivity index is 2.42. The summed E-state index contributed by atoms with van der Waals surface area (Å²) in [5.74, 6) is -8.68. The predicted molar refractivity (Wildman–Crippen MR) is 126 cm³/mol. The van der Waals surface area contributed by atoms with Crippen molar-refractivity contribution in [3.8, 4) is 0 Å².